The lowest BCUT2D eigenvalue weighted by Crippen LogP contribution is -2.32. The maximum atomic E-state index is 13.5. The quantitative estimate of drug-likeness (QED) is 0.554. The summed E-state index contributed by atoms with van der Waals surface area (Å²) in [4.78, 5) is 31.8. The summed E-state index contributed by atoms with van der Waals surface area (Å²) in [6, 6.07) is 13.2. The van der Waals surface area contributed by atoms with E-state index in [1.165, 1.54) is 0 Å². The summed E-state index contributed by atoms with van der Waals surface area (Å²) in [5.74, 6) is -0.0255. The fourth-order valence-electron chi connectivity index (χ4n) is 4.05. The Bertz CT molecular complexity index is 1150. The molecule has 2 heterocycles. The van der Waals surface area contributed by atoms with E-state index in [9.17, 15) is 9.59 Å². The number of amides is 1. The van der Waals surface area contributed by atoms with Crippen LogP contribution >= 0.6 is 11.8 Å². The lowest BCUT2D eigenvalue weighted by Gasteiger charge is -2.26. The van der Waals surface area contributed by atoms with Crippen LogP contribution in [0.3, 0.4) is 0 Å². The van der Waals surface area contributed by atoms with E-state index in [-0.39, 0.29) is 17.1 Å². The zero-order valence-electron chi connectivity index (χ0n) is 17.8. The molecule has 0 aliphatic carbocycles. The van der Waals surface area contributed by atoms with Crippen molar-refractivity contribution >= 4 is 28.6 Å². The van der Waals surface area contributed by atoms with Crippen LogP contribution in [0.1, 0.15) is 39.7 Å². The first kappa shape index (κ1) is 20.7. The second kappa shape index (κ2) is 8.28. The molecule has 1 aromatic heterocycles. The van der Waals surface area contributed by atoms with Gasteiger partial charge in [0, 0.05) is 11.4 Å². The van der Waals surface area contributed by atoms with Crippen molar-refractivity contribution in [1.82, 2.24) is 9.80 Å². The molecule has 30 heavy (non-hydrogen) atoms. The zero-order chi connectivity index (χ0) is 21.4. The van der Waals surface area contributed by atoms with Crippen LogP contribution in [0, 0.1) is 6.92 Å². The van der Waals surface area contributed by atoms with Gasteiger partial charge in [-0.15, -0.1) is 11.8 Å². The van der Waals surface area contributed by atoms with Crippen molar-refractivity contribution in [2.24, 2.45) is 0 Å². The summed E-state index contributed by atoms with van der Waals surface area (Å²) in [7, 11) is 4.03. The van der Waals surface area contributed by atoms with E-state index in [0.29, 0.717) is 23.1 Å². The predicted molar refractivity (Wildman–Crippen MR) is 121 cm³/mol. The van der Waals surface area contributed by atoms with Gasteiger partial charge >= 0.3 is 0 Å². The van der Waals surface area contributed by atoms with Crippen molar-refractivity contribution in [2.45, 2.75) is 24.3 Å². The molecule has 3 aromatic rings. The van der Waals surface area contributed by atoms with Gasteiger partial charge in [0.2, 0.25) is 5.76 Å². The molecular weight excluding hydrogens is 396 g/mol. The molecular formula is C24H26N2O3S. The number of rotatable bonds is 6. The van der Waals surface area contributed by atoms with Crippen LogP contribution in [0.5, 0.6) is 0 Å². The maximum Gasteiger partial charge on any atom is 0.290 e. The van der Waals surface area contributed by atoms with Crippen molar-refractivity contribution in [3.63, 3.8) is 0 Å². The van der Waals surface area contributed by atoms with Gasteiger partial charge in [-0.3, -0.25) is 9.59 Å². The van der Waals surface area contributed by atoms with Gasteiger partial charge in [-0.2, -0.15) is 0 Å². The van der Waals surface area contributed by atoms with Crippen LogP contribution in [-0.2, 0) is 0 Å². The molecule has 0 fully saturated rings. The number of nitrogens with zero attached hydrogens (tertiary/aromatic N) is 2. The Hall–Kier alpha value is -2.57. The summed E-state index contributed by atoms with van der Waals surface area (Å²) in [5.41, 5.74) is 2.73. The Balaban J connectivity index is 1.86. The van der Waals surface area contributed by atoms with Gasteiger partial charge in [0.25, 0.3) is 5.91 Å². The minimum atomic E-state index is -0.424. The molecule has 4 rings (SSSR count). The topological polar surface area (TPSA) is 53.8 Å². The molecule has 0 N–H and O–H groups in total. The summed E-state index contributed by atoms with van der Waals surface area (Å²) < 4.78 is 6.00. The van der Waals surface area contributed by atoms with Crippen molar-refractivity contribution in [3.05, 3.63) is 75.1 Å². The summed E-state index contributed by atoms with van der Waals surface area (Å²) >= 11 is 1.66. The molecule has 0 saturated heterocycles. The Kier molecular flexibility index (Phi) is 5.71. The van der Waals surface area contributed by atoms with Gasteiger partial charge in [-0.05, 0) is 70.1 Å². The van der Waals surface area contributed by atoms with Crippen molar-refractivity contribution < 1.29 is 9.21 Å². The molecule has 0 radical (unpaired) electrons. The lowest BCUT2D eigenvalue weighted by atomic mass is 9.98. The SMILES string of the molecule is CSc1ccc([C@H]2c3c(oc4ccc(C)cc4c3=O)C(=O)N2CCCN(C)C)cc1. The third kappa shape index (κ3) is 3.66. The second-order valence-electron chi connectivity index (χ2n) is 8.00. The number of carbonyl (C=O) groups is 1. The van der Waals surface area contributed by atoms with Gasteiger partial charge in [-0.25, -0.2) is 0 Å². The Labute approximate surface area is 180 Å². The smallest absolute Gasteiger partial charge is 0.290 e. The highest BCUT2D eigenvalue weighted by atomic mass is 32.2. The molecule has 2 aromatic carbocycles. The summed E-state index contributed by atoms with van der Waals surface area (Å²) in [6.07, 6.45) is 2.85. The number of hydrogen-bond donors (Lipinski definition) is 0. The van der Waals surface area contributed by atoms with Gasteiger partial charge in [0.05, 0.1) is 17.0 Å². The zero-order valence-corrected chi connectivity index (χ0v) is 18.6. The average molecular weight is 423 g/mol. The maximum absolute atomic E-state index is 13.5. The summed E-state index contributed by atoms with van der Waals surface area (Å²) in [6.45, 7) is 3.37. The number of fused-ring (bicyclic) bond motifs is 2. The van der Waals surface area contributed by atoms with Crippen LogP contribution < -0.4 is 5.43 Å². The van der Waals surface area contributed by atoms with E-state index >= 15 is 0 Å². The fraction of sp³-hybridized carbons (Fsp3) is 0.333. The molecule has 156 valence electrons. The van der Waals surface area contributed by atoms with Gasteiger partial charge in [0.15, 0.2) is 5.43 Å². The Morgan fingerprint density at radius 1 is 1.10 bits per heavy atom. The van der Waals surface area contributed by atoms with E-state index in [4.69, 9.17) is 4.42 Å². The first-order valence-corrected chi connectivity index (χ1v) is 11.3. The van der Waals surface area contributed by atoms with E-state index in [2.05, 4.69) is 4.90 Å². The molecule has 6 heteroatoms. The average Bonchev–Trinajstić information content (AvgIpc) is 3.01. The largest absolute Gasteiger partial charge is 0.450 e. The highest BCUT2D eigenvalue weighted by Gasteiger charge is 2.42. The third-order valence-corrected chi connectivity index (χ3v) is 6.30. The van der Waals surface area contributed by atoms with E-state index in [1.54, 1.807) is 22.7 Å². The molecule has 0 bridgehead atoms. The standard InChI is InChI=1S/C24H26N2O3S/c1-15-6-11-19-18(14-15)22(27)20-21(16-7-9-17(30-4)10-8-16)26(13-5-12-25(2)3)24(28)23(20)29-19/h6-11,14,21H,5,12-13H2,1-4H3/t21-/m0/s1. The van der Waals surface area contributed by atoms with E-state index in [0.717, 1.165) is 29.0 Å². The van der Waals surface area contributed by atoms with Crippen molar-refractivity contribution in [2.75, 3.05) is 33.4 Å². The fourth-order valence-corrected chi connectivity index (χ4v) is 4.46. The number of carbonyl (C=O) groups excluding carboxylic acids is 1. The van der Waals surface area contributed by atoms with Gasteiger partial charge in [-0.1, -0.05) is 23.8 Å². The molecule has 1 amide bonds. The van der Waals surface area contributed by atoms with Crippen LogP contribution in [0.25, 0.3) is 11.0 Å². The minimum absolute atomic E-state index is 0.114. The second-order valence-corrected chi connectivity index (χ2v) is 8.88. The van der Waals surface area contributed by atoms with Gasteiger partial charge in [0.1, 0.15) is 5.58 Å². The van der Waals surface area contributed by atoms with Gasteiger partial charge < -0.3 is 14.2 Å². The first-order valence-electron chi connectivity index (χ1n) is 10.1. The highest BCUT2D eigenvalue weighted by Crippen LogP contribution is 2.38. The molecule has 0 saturated carbocycles. The Morgan fingerprint density at radius 3 is 2.50 bits per heavy atom. The van der Waals surface area contributed by atoms with Crippen LogP contribution in [-0.4, -0.2) is 49.1 Å². The lowest BCUT2D eigenvalue weighted by molar-refractivity contribution is 0.0722. The van der Waals surface area contributed by atoms with Crippen LogP contribution in [0.2, 0.25) is 0 Å². The number of hydrogen-bond acceptors (Lipinski definition) is 5. The van der Waals surface area contributed by atoms with E-state index in [1.807, 2.05) is 63.7 Å². The highest BCUT2D eigenvalue weighted by molar-refractivity contribution is 7.98. The molecule has 0 spiro atoms. The van der Waals surface area contributed by atoms with Crippen LogP contribution in [0.15, 0.2) is 56.6 Å². The predicted octanol–water partition coefficient (Wildman–Crippen LogP) is 4.32. The minimum Gasteiger partial charge on any atom is -0.450 e. The molecule has 5 nitrogen and oxygen atoms in total. The molecule has 0 unspecified atom stereocenters. The third-order valence-electron chi connectivity index (χ3n) is 5.56. The van der Waals surface area contributed by atoms with Crippen molar-refractivity contribution in [1.29, 1.82) is 0 Å². The van der Waals surface area contributed by atoms with E-state index < -0.39 is 6.04 Å². The molecule has 1 aliphatic heterocycles. The van der Waals surface area contributed by atoms with Crippen molar-refractivity contribution in [3.8, 4) is 0 Å². The Morgan fingerprint density at radius 2 is 1.83 bits per heavy atom. The number of thioether (sulfide) groups is 1. The number of aryl methyl sites for hydroxylation is 1. The summed E-state index contributed by atoms with van der Waals surface area (Å²) in [5, 5.41) is 0.530. The molecule has 1 aliphatic rings. The monoisotopic (exact) mass is 422 g/mol. The normalized spacial score (nSPS) is 16.0. The number of benzene rings is 2. The molecule has 1 atom stereocenters. The first-order chi connectivity index (χ1) is 14.4. The van der Waals surface area contributed by atoms with Crippen LogP contribution in [0.4, 0.5) is 0 Å².